The summed E-state index contributed by atoms with van der Waals surface area (Å²) in [5, 5.41) is 2.95. The summed E-state index contributed by atoms with van der Waals surface area (Å²) in [6.45, 7) is 12.2. The topological polar surface area (TPSA) is 42.4 Å². The number of carbonyl (C=O) groups excluding carboxylic acids is 1. The van der Waals surface area contributed by atoms with Gasteiger partial charge in [-0.1, -0.05) is 63.6 Å². The first-order valence-electron chi connectivity index (χ1n) is 10.8. The van der Waals surface area contributed by atoms with Crippen LogP contribution in [0, 0.1) is 12.8 Å². The molecule has 5 heteroatoms. The minimum Gasteiger partial charge on any atom is -0.486 e. The molecule has 3 rings (SSSR count). The van der Waals surface area contributed by atoms with Gasteiger partial charge < -0.3 is 9.64 Å². The van der Waals surface area contributed by atoms with Crippen LogP contribution in [-0.4, -0.2) is 22.3 Å². The van der Waals surface area contributed by atoms with Gasteiger partial charge in [0.15, 0.2) is 0 Å². The quantitative estimate of drug-likeness (QED) is 0.387. The highest BCUT2D eigenvalue weighted by Gasteiger charge is 2.19. The molecule has 0 atom stereocenters. The predicted octanol–water partition coefficient (Wildman–Crippen LogP) is 6.45. The van der Waals surface area contributed by atoms with Crippen LogP contribution >= 0.6 is 11.3 Å². The molecule has 31 heavy (non-hydrogen) atoms. The number of thiazole rings is 1. The molecule has 1 amide bonds. The SMILES string of the molecule is Cc1cccc(C(=O)N(Cc2csc(COc3ccccc3C(C)C)n2)CC(C)C)c1. The molecule has 0 bridgehead atoms. The van der Waals surface area contributed by atoms with Gasteiger partial charge in [-0.15, -0.1) is 11.3 Å². The van der Waals surface area contributed by atoms with Crippen LogP contribution in [0.3, 0.4) is 0 Å². The van der Waals surface area contributed by atoms with Gasteiger partial charge in [-0.3, -0.25) is 4.79 Å². The molecule has 0 fully saturated rings. The van der Waals surface area contributed by atoms with Gasteiger partial charge in [0, 0.05) is 17.5 Å². The van der Waals surface area contributed by atoms with Crippen molar-refractivity contribution in [3.05, 3.63) is 81.3 Å². The summed E-state index contributed by atoms with van der Waals surface area (Å²) in [6.07, 6.45) is 0. The first-order chi connectivity index (χ1) is 14.8. The van der Waals surface area contributed by atoms with Gasteiger partial charge in [-0.25, -0.2) is 4.98 Å². The van der Waals surface area contributed by atoms with E-state index in [1.807, 2.05) is 59.7 Å². The number of para-hydroxylation sites is 1. The number of benzene rings is 2. The lowest BCUT2D eigenvalue weighted by Crippen LogP contribution is -2.34. The second-order valence-electron chi connectivity index (χ2n) is 8.66. The maximum absolute atomic E-state index is 13.1. The normalized spacial score (nSPS) is 11.2. The van der Waals surface area contributed by atoms with Gasteiger partial charge >= 0.3 is 0 Å². The van der Waals surface area contributed by atoms with E-state index in [4.69, 9.17) is 9.72 Å². The van der Waals surface area contributed by atoms with Crippen molar-refractivity contribution >= 4 is 17.2 Å². The number of hydrogen-bond acceptors (Lipinski definition) is 4. The summed E-state index contributed by atoms with van der Waals surface area (Å²) in [6, 6.07) is 15.9. The zero-order chi connectivity index (χ0) is 22.4. The third-order valence-corrected chi connectivity index (χ3v) is 5.85. The predicted molar refractivity (Wildman–Crippen MR) is 128 cm³/mol. The Bertz CT molecular complexity index is 1010. The molecule has 0 aliphatic carbocycles. The second kappa shape index (κ2) is 10.6. The lowest BCUT2D eigenvalue weighted by molar-refractivity contribution is 0.0720. The Balaban J connectivity index is 1.69. The van der Waals surface area contributed by atoms with Gasteiger partial charge in [0.25, 0.3) is 5.91 Å². The summed E-state index contributed by atoms with van der Waals surface area (Å²) in [7, 11) is 0. The van der Waals surface area contributed by atoms with Crippen molar-refractivity contribution in [2.45, 2.75) is 53.7 Å². The Labute approximate surface area is 189 Å². The number of amides is 1. The minimum absolute atomic E-state index is 0.0501. The Morgan fingerprint density at radius 1 is 1.10 bits per heavy atom. The molecule has 0 radical (unpaired) electrons. The minimum atomic E-state index is 0.0501. The standard InChI is InChI=1S/C26H32N2O2S/c1-18(2)14-28(26(29)21-10-8-9-20(5)13-21)15-22-17-31-25(27-22)16-30-24-12-7-6-11-23(24)19(3)4/h6-13,17-19H,14-16H2,1-5H3. The first-order valence-corrected chi connectivity index (χ1v) is 11.7. The fraction of sp³-hybridized carbons (Fsp3) is 0.385. The van der Waals surface area contributed by atoms with Crippen LogP contribution in [0.5, 0.6) is 5.75 Å². The van der Waals surface area contributed by atoms with Gasteiger partial charge in [0.2, 0.25) is 0 Å². The highest BCUT2D eigenvalue weighted by atomic mass is 32.1. The van der Waals surface area contributed by atoms with Gasteiger partial charge in [-0.2, -0.15) is 0 Å². The maximum Gasteiger partial charge on any atom is 0.254 e. The number of nitrogens with zero attached hydrogens (tertiary/aromatic N) is 2. The average molecular weight is 437 g/mol. The maximum atomic E-state index is 13.1. The zero-order valence-corrected chi connectivity index (χ0v) is 19.9. The van der Waals surface area contributed by atoms with Crippen molar-refractivity contribution < 1.29 is 9.53 Å². The van der Waals surface area contributed by atoms with Gasteiger partial charge in [-0.05, 0) is 42.5 Å². The smallest absolute Gasteiger partial charge is 0.254 e. The summed E-state index contributed by atoms with van der Waals surface area (Å²) in [5.41, 5.74) is 3.92. The Kier molecular flexibility index (Phi) is 7.85. The summed E-state index contributed by atoms with van der Waals surface area (Å²) in [5.74, 6) is 1.74. The van der Waals surface area contributed by atoms with E-state index in [1.54, 1.807) is 11.3 Å². The van der Waals surface area contributed by atoms with Gasteiger partial charge in [0.05, 0.1) is 12.2 Å². The van der Waals surface area contributed by atoms with Crippen LogP contribution in [0.15, 0.2) is 53.9 Å². The summed E-state index contributed by atoms with van der Waals surface area (Å²) < 4.78 is 6.06. The van der Waals surface area contributed by atoms with Crippen molar-refractivity contribution in [3.63, 3.8) is 0 Å². The van der Waals surface area contributed by atoms with Crippen LogP contribution in [0.2, 0.25) is 0 Å². The lowest BCUT2D eigenvalue weighted by atomic mass is 10.0. The second-order valence-corrected chi connectivity index (χ2v) is 9.61. The number of aromatic nitrogens is 1. The molecule has 0 saturated carbocycles. The largest absolute Gasteiger partial charge is 0.486 e. The third kappa shape index (κ3) is 6.41. The molecule has 3 aromatic rings. The van der Waals surface area contributed by atoms with E-state index in [0.29, 0.717) is 31.5 Å². The molecule has 0 saturated heterocycles. The molecule has 0 unspecified atom stereocenters. The van der Waals surface area contributed by atoms with Crippen LogP contribution in [0.1, 0.15) is 65.8 Å². The van der Waals surface area contributed by atoms with E-state index in [9.17, 15) is 4.79 Å². The van der Waals surface area contributed by atoms with Crippen molar-refractivity contribution in [1.82, 2.24) is 9.88 Å². The fourth-order valence-electron chi connectivity index (χ4n) is 3.53. The molecule has 2 aromatic carbocycles. The molecule has 164 valence electrons. The van der Waals surface area contributed by atoms with Crippen LogP contribution in [-0.2, 0) is 13.2 Å². The zero-order valence-electron chi connectivity index (χ0n) is 19.1. The summed E-state index contributed by atoms with van der Waals surface area (Å²) in [4.78, 5) is 19.8. The van der Waals surface area contributed by atoms with E-state index in [-0.39, 0.29) is 5.91 Å². The van der Waals surface area contributed by atoms with Crippen LogP contribution in [0.25, 0.3) is 0 Å². The van der Waals surface area contributed by atoms with Crippen LogP contribution in [0.4, 0.5) is 0 Å². The number of ether oxygens (including phenoxy) is 1. The van der Waals surface area contributed by atoms with E-state index in [1.165, 1.54) is 5.56 Å². The number of hydrogen-bond donors (Lipinski definition) is 0. The Morgan fingerprint density at radius 3 is 2.58 bits per heavy atom. The Morgan fingerprint density at radius 2 is 1.87 bits per heavy atom. The van der Waals surface area contributed by atoms with E-state index in [2.05, 4.69) is 33.8 Å². The molecule has 1 heterocycles. The van der Waals surface area contributed by atoms with Crippen LogP contribution < -0.4 is 4.74 Å². The molecule has 0 spiro atoms. The molecular formula is C26H32N2O2S. The number of carbonyl (C=O) groups is 1. The molecule has 0 aliphatic rings. The lowest BCUT2D eigenvalue weighted by Gasteiger charge is -2.24. The first kappa shape index (κ1) is 23.0. The molecule has 1 aromatic heterocycles. The van der Waals surface area contributed by atoms with E-state index < -0.39 is 0 Å². The molecular weight excluding hydrogens is 404 g/mol. The van der Waals surface area contributed by atoms with Crippen molar-refractivity contribution in [3.8, 4) is 5.75 Å². The van der Waals surface area contributed by atoms with E-state index in [0.717, 1.165) is 27.6 Å². The monoisotopic (exact) mass is 436 g/mol. The molecule has 0 N–H and O–H groups in total. The van der Waals surface area contributed by atoms with Crippen molar-refractivity contribution in [2.75, 3.05) is 6.54 Å². The highest BCUT2D eigenvalue weighted by molar-refractivity contribution is 7.09. The molecule has 4 nitrogen and oxygen atoms in total. The summed E-state index contributed by atoms with van der Waals surface area (Å²) >= 11 is 1.58. The van der Waals surface area contributed by atoms with Crippen molar-refractivity contribution in [2.24, 2.45) is 5.92 Å². The van der Waals surface area contributed by atoms with E-state index >= 15 is 0 Å². The third-order valence-electron chi connectivity index (χ3n) is 4.98. The highest BCUT2D eigenvalue weighted by Crippen LogP contribution is 2.27. The van der Waals surface area contributed by atoms with Crippen molar-refractivity contribution in [1.29, 1.82) is 0 Å². The van der Waals surface area contributed by atoms with Gasteiger partial charge in [0.1, 0.15) is 17.4 Å². The number of rotatable bonds is 9. The molecule has 0 aliphatic heterocycles. The average Bonchev–Trinajstić information content (AvgIpc) is 3.18. The Hall–Kier alpha value is -2.66. The number of aryl methyl sites for hydroxylation is 1. The fourth-order valence-corrected chi connectivity index (χ4v) is 4.23.